The average molecular weight is 683 g/mol. The number of rotatable bonds is 8. The zero-order valence-corrected chi connectivity index (χ0v) is 25.4. The second-order valence-corrected chi connectivity index (χ2v) is 12.4. The fourth-order valence-corrected chi connectivity index (χ4v) is 6.30. The standard InChI is InChI=1S/C31H28F6N4O5S/c1-20(42)39-25-10-12-26(13-11-25)47(45,46)41-16-15-40(28(43)14-7-21-3-2-4-24(17-21)31(35,36)37)19-27(41)29(44)38-18-22-5-8-23(9-6-22)30(32,33)34/h2-14,17,27H,15-16,18-19H2,1H3,(H,38,44)(H,39,42)/b14-7+. The molecule has 0 bridgehead atoms. The Morgan fingerprint density at radius 2 is 1.51 bits per heavy atom. The lowest BCUT2D eigenvalue weighted by Crippen LogP contribution is -2.61. The molecule has 0 spiro atoms. The Morgan fingerprint density at radius 1 is 0.872 bits per heavy atom. The first-order valence-electron chi connectivity index (χ1n) is 13.9. The summed E-state index contributed by atoms with van der Waals surface area (Å²) in [6, 6.07) is 11.9. The molecule has 1 unspecified atom stereocenters. The summed E-state index contributed by atoms with van der Waals surface area (Å²) in [6.45, 7) is 0.0764. The molecule has 1 fully saturated rings. The Kier molecular flexibility index (Phi) is 10.4. The van der Waals surface area contributed by atoms with E-state index in [2.05, 4.69) is 10.6 Å². The summed E-state index contributed by atoms with van der Waals surface area (Å²) in [5.74, 6) is -1.92. The van der Waals surface area contributed by atoms with Crippen LogP contribution in [0.4, 0.5) is 32.0 Å². The number of benzene rings is 3. The smallest absolute Gasteiger partial charge is 0.351 e. The van der Waals surface area contributed by atoms with Crippen LogP contribution < -0.4 is 10.6 Å². The largest absolute Gasteiger partial charge is 0.416 e. The molecule has 1 atom stereocenters. The third-order valence-electron chi connectivity index (χ3n) is 7.11. The third-order valence-corrected chi connectivity index (χ3v) is 9.03. The lowest BCUT2D eigenvalue weighted by molar-refractivity contribution is -0.138. The van der Waals surface area contributed by atoms with E-state index in [1.807, 2.05) is 0 Å². The Balaban J connectivity index is 1.56. The maximum atomic E-state index is 13.7. The molecule has 1 aliphatic rings. The van der Waals surface area contributed by atoms with E-state index in [1.165, 1.54) is 48.2 Å². The number of nitrogens with zero attached hydrogens (tertiary/aromatic N) is 2. The minimum absolute atomic E-state index is 0.0860. The predicted octanol–water partition coefficient (Wildman–Crippen LogP) is 4.91. The normalized spacial score (nSPS) is 16.2. The van der Waals surface area contributed by atoms with Crippen LogP contribution in [0.2, 0.25) is 0 Å². The summed E-state index contributed by atoms with van der Waals surface area (Å²) in [5, 5.41) is 5.02. The topological polar surface area (TPSA) is 116 Å². The molecule has 1 saturated heterocycles. The van der Waals surface area contributed by atoms with E-state index in [9.17, 15) is 49.1 Å². The monoisotopic (exact) mass is 682 g/mol. The van der Waals surface area contributed by atoms with Crippen LogP contribution in [0, 0.1) is 0 Å². The number of amides is 3. The molecule has 1 aliphatic heterocycles. The predicted molar refractivity (Wildman–Crippen MR) is 159 cm³/mol. The number of anilines is 1. The first-order valence-corrected chi connectivity index (χ1v) is 15.4. The van der Waals surface area contributed by atoms with E-state index in [-0.39, 0.29) is 36.0 Å². The van der Waals surface area contributed by atoms with Gasteiger partial charge in [0, 0.05) is 44.9 Å². The van der Waals surface area contributed by atoms with Gasteiger partial charge in [0.25, 0.3) is 0 Å². The van der Waals surface area contributed by atoms with Crippen molar-refractivity contribution in [3.8, 4) is 0 Å². The average Bonchev–Trinajstić information content (AvgIpc) is 3.01. The van der Waals surface area contributed by atoms with Crippen LogP contribution in [-0.4, -0.2) is 61.0 Å². The quantitative estimate of drug-likeness (QED) is 0.259. The van der Waals surface area contributed by atoms with Gasteiger partial charge in [-0.15, -0.1) is 0 Å². The van der Waals surface area contributed by atoms with Crippen LogP contribution in [-0.2, 0) is 43.3 Å². The Morgan fingerprint density at radius 3 is 2.11 bits per heavy atom. The Bertz CT molecular complexity index is 1760. The molecule has 47 heavy (non-hydrogen) atoms. The van der Waals surface area contributed by atoms with E-state index in [0.717, 1.165) is 52.9 Å². The van der Waals surface area contributed by atoms with E-state index < -0.39 is 57.9 Å². The van der Waals surface area contributed by atoms with Crippen molar-refractivity contribution in [3.63, 3.8) is 0 Å². The zero-order chi connectivity index (χ0) is 34.6. The number of carbonyl (C=O) groups excluding carboxylic acids is 3. The highest BCUT2D eigenvalue weighted by molar-refractivity contribution is 7.89. The maximum Gasteiger partial charge on any atom is 0.416 e. The van der Waals surface area contributed by atoms with Crippen molar-refractivity contribution in [2.45, 2.75) is 36.8 Å². The Labute approximate surface area is 265 Å². The van der Waals surface area contributed by atoms with Crippen LogP contribution in [0.3, 0.4) is 0 Å². The highest BCUT2D eigenvalue weighted by atomic mass is 32.2. The van der Waals surface area contributed by atoms with E-state index >= 15 is 0 Å². The van der Waals surface area contributed by atoms with Gasteiger partial charge in [-0.1, -0.05) is 24.3 Å². The molecular weight excluding hydrogens is 654 g/mol. The third kappa shape index (κ3) is 8.98. The van der Waals surface area contributed by atoms with E-state index in [4.69, 9.17) is 0 Å². The van der Waals surface area contributed by atoms with Crippen molar-refractivity contribution in [2.75, 3.05) is 25.0 Å². The van der Waals surface area contributed by atoms with Crippen molar-refractivity contribution in [1.29, 1.82) is 0 Å². The first-order chi connectivity index (χ1) is 21.9. The van der Waals surface area contributed by atoms with Crippen molar-refractivity contribution < 1.29 is 49.1 Å². The van der Waals surface area contributed by atoms with Gasteiger partial charge in [0.2, 0.25) is 27.7 Å². The van der Waals surface area contributed by atoms with Crippen LogP contribution in [0.25, 0.3) is 6.08 Å². The van der Waals surface area contributed by atoms with Crippen LogP contribution in [0.5, 0.6) is 0 Å². The highest BCUT2D eigenvalue weighted by Crippen LogP contribution is 2.31. The van der Waals surface area contributed by atoms with E-state index in [1.54, 1.807) is 0 Å². The van der Waals surface area contributed by atoms with Gasteiger partial charge in [-0.25, -0.2) is 8.42 Å². The number of halogens is 6. The summed E-state index contributed by atoms with van der Waals surface area (Å²) in [4.78, 5) is 38.8. The SMILES string of the molecule is CC(=O)Nc1ccc(S(=O)(=O)N2CCN(C(=O)/C=C/c3cccc(C(F)(F)F)c3)CC2C(=O)NCc2ccc(C(F)(F)F)cc2)cc1. The van der Waals surface area contributed by atoms with Gasteiger partial charge in [0.15, 0.2) is 0 Å². The van der Waals surface area contributed by atoms with Crippen LogP contribution >= 0.6 is 0 Å². The van der Waals surface area contributed by atoms with Crippen molar-refractivity contribution in [1.82, 2.24) is 14.5 Å². The molecule has 16 heteroatoms. The molecule has 0 saturated carbocycles. The van der Waals surface area contributed by atoms with Gasteiger partial charge in [-0.2, -0.15) is 30.6 Å². The molecule has 2 N–H and O–H groups in total. The summed E-state index contributed by atoms with van der Waals surface area (Å²) in [5.41, 5.74) is -1.11. The van der Waals surface area contributed by atoms with Gasteiger partial charge >= 0.3 is 12.4 Å². The molecule has 250 valence electrons. The lowest BCUT2D eigenvalue weighted by atomic mass is 10.1. The molecule has 0 aliphatic carbocycles. The summed E-state index contributed by atoms with van der Waals surface area (Å²) >= 11 is 0. The van der Waals surface area contributed by atoms with Crippen molar-refractivity contribution in [2.24, 2.45) is 0 Å². The zero-order valence-electron chi connectivity index (χ0n) is 24.6. The molecule has 3 amide bonds. The second kappa shape index (κ2) is 14.0. The minimum atomic E-state index is -4.60. The number of carbonyl (C=O) groups is 3. The first kappa shape index (κ1) is 35.2. The summed E-state index contributed by atoms with van der Waals surface area (Å²) in [6.07, 6.45) is -6.99. The lowest BCUT2D eigenvalue weighted by Gasteiger charge is -2.39. The van der Waals surface area contributed by atoms with Gasteiger partial charge in [-0.3, -0.25) is 14.4 Å². The molecular formula is C31H28F6N4O5S. The number of hydrogen-bond acceptors (Lipinski definition) is 5. The minimum Gasteiger partial charge on any atom is -0.351 e. The molecule has 9 nitrogen and oxygen atoms in total. The van der Waals surface area contributed by atoms with Gasteiger partial charge in [0.1, 0.15) is 6.04 Å². The number of hydrogen-bond donors (Lipinski definition) is 2. The molecule has 0 aromatic heterocycles. The molecule has 4 rings (SSSR count). The van der Waals surface area contributed by atoms with Gasteiger partial charge < -0.3 is 15.5 Å². The van der Waals surface area contributed by atoms with Gasteiger partial charge in [-0.05, 0) is 65.7 Å². The fourth-order valence-electron chi connectivity index (χ4n) is 4.73. The Hall–Kier alpha value is -4.70. The number of piperazine rings is 1. The number of sulfonamides is 1. The van der Waals surface area contributed by atoms with Crippen LogP contribution in [0.1, 0.15) is 29.2 Å². The van der Waals surface area contributed by atoms with Crippen molar-refractivity contribution in [3.05, 3.63) is 101 Å². The van der Waals surface area contributed by atoms with Crippen LogP contribution in [0.15, 0.2) is 83.8 Å². The summed E-state index contributed by atoms with van der Waals surface area (Å²) in [7, 11) is -4.36. The van der Waals surface area contributed by atoms with Gasteiger partial charge in [0.05, 0.1) is 16.0 Å². The molecule has 3 aromatic carbocycles. The second-order valence-electron chi connectivity index (χ2n) is 10.5. The molecule has 3 aromatic rings. The number of alkyl halides is 6. The van der Waals surface area contributed by atoms with Crippen molar-refractivity contribution >= 4 is 39.5 Å². The number of nitrogens with one attached hydrogen (secondary N) is 2. The van der Waals surface area contributed by atoms with E-state index in [0.29, 0.717) is 11.3 Å². The maximum absolute atomic E-state index is 13.7. The highest BCUT2D eigenvalue weighted by Gasteiger charge is 2.41. The fraction of sp³-hybridized carbons (Fsp3) is 0.258. The summed E-state index contributed by atoms with van der Waals surface area (Å²) < 4.78 is 106. The molecule has 0 radical (unpaired) electrons. The molecule has 1 heterocycles.